The van der Waals surface area contributed by atoms with Gasteiger partial charge in [-0.15, -0.1) is 13.2 Å². The van der Waals surface area contributed by atoms with E-state index in [1.54, 1.807) is 0 Å². The average molecular weight is 398 g/mol. The first-order valence-electron chi connectivity index (χ1n) is 3.80. The van der Waals surface area contributed by atoms with E-state index in [1.807, 2.05) is 11.4 Å². The Kier molecular flexibility index (Phi) is 10.2. The molecule has 0 rings (SSSR count). The molecule has 1 nitrogen and oxygen atoms in total. The molecule has 0 aliphatic rings. The third-order valence-corrected chi connectivity index (χ3v) is 7.17. The Morgan fingerprint density at radius 2 is 1.31 bits per heavy atom. The van der Waals surface area contributed by atoms with Crippen molar-refractivity contribution in [2.75, 3.05) is 0 Å². The van der Waals surface area contributed by atoms with Crippen molar-refractivity contribution < 1.29 is 25.2 Å². The van der Waals surface area contributed by atoms with E-state index in [0.29, 0.717) is 0 Å². The summed E-state index contributed by atoms with van der Waals surface area (Å²) in [7, 11) is -3.16. The quantitative estimate of drug-likeness (QED) is 0.660. The smallest absolute Gasteiger partial charge is 0.226 e. The van der Waals surface area contributed by atoms with Gasteiger partial charge in [0.2, 0.25) is 8.32 Å². The van der Waals surface area contributed by atoms with Crippen molar-refractivity contribution >= 4 is 16.6 Å². The SMILES string of the molecule is C.C=C[Si](C)(C=C)O[Si](C)(C)C.[Pt]. The van der Waals surface area contributed by atoms with Crippen LogP contribution in [0.2, 0.25) is 26.2 Å². The predicted molar refractivity (Wildman–Crippen MR) is 63.2 cm³/mol. The molecule has 0 saturated carbocycles. The summed E-state index contributed by atoms with van der Waals surface area (Å²) < 4.78 is 5.97. The maximum atomic E-state index is 5.97. The normalized spacial score (nSPS) is 10.8. The Morgan fingerprint density at radius 1 is 1.00 bits per heavy atom. The average Bonchev–Trinajstić information content (AvgIpc) is 1.84. The molecular formula is C9H22OPtSi2. The van der Waals surface area contributed by atoms with Crippen molar-refractivity contribution in [1.82, 2.24) is 0 Å². The van der Waals surface area contributed by atoms with E-state index >= 15 is 0 Å². The zero-order chi connectivity index (χ0) is 9.12. The summed E-state index contributed by atoms with van der Waals surface area (Å²) in [5.41, 5.74) is 3.86. The van der Waals surface area contributed by atoms with Gasteiger partial charge in [0.25, 0.3) is 0 Å². The van der Waals surface area contributed by atoms with Crippen molar-refractivity contribution in [1.29, 1.82) is 0 Å². The van der Waals surface area contributed by atoms with Crippen LogP contribution in [-0.4, -0.2) is 16.6 Å². The van der Waals surface area contributed by atoms with Crippen LogP contribution in [0.1, 0.15) is 7.43 Å². The van der Waals surface area contributed by atoms with Crippen LogP contribution in [0, 0.1) is 0 Å². The van der Waals surface area contributed by atoms with Gasteiger partial charge in [-0.3, -0.25) is 0 Å². The van der Waals surface area contributed by atoms with E-state index < -0.39 is 16.6 Å². The monoisotopic (exact) mass is 397 g/mol. The third-order valence-electron chi connectivity index (χ3n) is 1.34. The van der Waals surface area contributed by atoms with E-state index in [4.69, 9.17) is 4.12 Å². The molecule has 0 aliphatic heterocycles. The maximum absolute atomic E-state index is 5.97. The second-order valence-electron chi connectivity index (χ2n) is 3.81. The maximum Gasteiger partial charge on any atom is 0.226 e. The molecular weight excluding hydrogens is 375 g/mol. The fraction of sp³-hybridized carbons (Fsp3) is 0.556. The predicted octanol–water partition coefficient (Wildman–Crippen LogP) is 3.50. The second-order valence-corrected chi connectivity index (χ2v) is 12.0. The van der Waals surface area contributed by atoms with Gasteiger partial charge < -0.3 is 4.12 Å². The standard InChI is InChI=1S/C8H18OSi2.CH4.Pt/c1-7-11(6,8-2)9-10(3,4)5;;/h7-8H,1-2H2,3-6H3;1H4;. The third kappa shape index (κ3) is 8.88. The van der Waals surface area contributed by atoms with Crippen LogP contribution in [0.15, 0.2) is 24.6 Å². The Hall–Kier alpha value is 0.562. The summed E-state index contributed by atoms with van der Waals surface area (Å²) in [6, 6.07) is 0. The van der Waals surface area contributed by atoms with Gasteiger partial charge in [-0.1, -0.05) is 18.8 Å². The summed E-state index contributed by atoms with van der Waals surface area (Å²) in [6.07, 6.45) is 0. The van der Waals surface area contributed by atoms with Gasteiger partial charge in [0.15, 0.2) is 8.32 Å². The molecule has 0 fully saturated rings. The van der Waals surface area contributed by atoms with Crippen LogP contribution in [0.3, 0.4) is 0 Å². The fourth-order valence-electron chi connectivity index (χ4n) is 0.826. The van der Waals surface area contributed by atoms with Crippen LogP contribution in [0.5, 0.6) is 0 Å². The summed E-state index contributed by atoms with van der Waals surface area (Å²) in [4.78, 5) is 0. The molecule has 0 atom stereocenters. The van der Waals surface area contributed by atoms with Crippen molar-refractivity contribution in [2.24, 2.45) is 0 Å². The first-order valence-corrected chi connectivity index (χ1v) is 9.77. The summed E-state index contributed by atoms with van der Waals surface area (Å²) in [5.74, 6) is 0. The van der Waals surface area contributed by atoms with Crippen LogP contribution in [-0.2, 0) is 25.2 Å². The van der Waals surface area contributed by atoms with Gasteiger partial charge in [0.05, 0.1) is 0 Å². The van der Waals surface area contributed by atoms with Crippen molar-refractivity contribution in [2.45, 2.75) is 33.6 Å². The van der Waals surface area contributed by atoms with Crippen LogP contribution in [0.25, 0.3) is 0 Å². The second kappa shape index (κ2) is 6.93. The molecule has 82 valence electrons. The van der Waals surface area contributed by atoms with Crippen LogP contribution < -0.4 is 0 Å². The van der Waals surface area contributed by atoms with Gasteiger partial charge in [-0.2, -0.15) is 0 Å². The van der Waals surface area contributed by atoms with Gasteiger partial charge in [0, 0.05) is 21.1 Å². The molecule has 13 heavy (non-hydrogen) atoms. The number of rotatable bonds is 4. The number of hydrogen-bond donors (Lipinski definition) is 0. The molecule has 4 heteroatoms. The zero-order valence-electron chi connectivity index (χ0n) is 8.29. The van der Waals surface area contributed by atoms with E-state index in [9.17, 15) is 0 Å². The molecule has 0 aliphatic carbocycles. The zero-order valence-corrected chi connectivity index (χ0v) is 12.6. The molecule has 0 radical (unpaired) electrons. The molecule has 0 N–H and O–H groups in total. The first kappa shape index (κ1) is 19.2. The van der Waals surface area contributed by atoms with Crippen molar-refractivity contribution in [3.8, 4) is 0 Å². The van der Waals surface area contributed by atoms with E-state index in [1.165, 1.54) is 0 Å². The summed E-state index contributed by atoms with van der Waals surface area (Å²) in [6.45, 7) is 16.2. The van der Waals surface area contributed by atoms with E-state index in [0.717, 1.165) is 0 Å². The Labute approximate surface area is 99.8 Å². The van der Waals surface area contributed by atoms with Crippen LogP contribution >= 0.6 is 0 Å². The number of hydrogen-bond acceptors (Lipinski definition) is 1. The molecule has 0 aromatic heterocycles. The molecule has 0 spiro atoms. The molecule has 0 aromatic rings. The Bertz CT molecular complexity index is 155. The minimum Gasteiger partial charge on any atom is -0.450 e. The van der Waals surface area contributed by atoms with Crippen molar-refractivity contribution in [3.05, 3.63) is 24.6 Å². The molecule has 0 heterocycles. The topological polar surface area (TPSA) is 9.23 Å². The molecule has 0 amide bonds. The van der Waals surface area contributed by atoms with Gasteiger partial charge in [-0.05, 0) is 26.2 Å². The molecule has 0 unspecified atom stereocenters. The molecule has 0 bridgehead atoms. The summed E-state index contributed by atoms with van der Waals surface area (Å²) >= 11 is 0. The Morgan fingerprint density at radius 3 is 1.38 bits per heavy atom. The van der Waals surface area contributed by atoms with E-state index in [-0.39, 0.29) is 28.5 Å². The fourth-order valence-corrected chi connectivity index (χ4v) is 6.94. The van der Waals surface area contributed by atoms with Gasteiger partial charge in [-0.25, -0.2) is 0 Å². The molecule has 0 saturated heterocycles. The minimum atomic E-state index is -1.74. The largest absolute Gasteiger partial charge is 0.450 e. The minimum absolute atomic E-state index is 0. The van der Waals surface area contributed by atoms with E-state index in [2.05, 4.69) is 39.3 Å². The molecule has 0 aromatic carbocycles. The summed E-state index contributed by atoms with van der Waals surface area (Å²) in [5, 5.41) is 0. The van der Waals surface area contributed by atoms with Crippen molar-refractivity contribution in [3.63, 3.8) is 0 Å². The first-order chi connectivity index (χ1) is 4.83. The van der Waals surface area contributed by atoms with Gasteiger partial charge in [0.1, 0.15) is 0 Å². The Balaban J connectivity index is -0.000000500. The van der Waals surface area contributed by atoms with Gasteiger partial charge >= 0.3 is 0 Å². The van der Waals surface area contributed by atoms with Crippen LogP contribution in [0.4, 0.5) is 0 Å².